The number of rotatable bonds is 8. The molecule has 0 bridgehead atoms. The molecule has 5 aliphatic heterocycles. The molecule has 0 saturated carbocycles. The van der Waals surface area contributed by atoms with E-state index in [0.29, 0.717) is 40.4 Å². The number of amides is 4. The van der Waals surface area contributed by atoms with Gasteiger partial charge in [0.2, 0.25) is 11.8 Å². The first-order chi connectivity index (χ1) is 28.9. The van der Waals surface area contributed by atoms with E-state index in [0.717, 1.165) is 80.4 Å². The van der Waals surface area contributed by atoms with Gasteiger partial charge in [-0.1, -0.05) is 0 Å². The fourth-order valence-corrected chi connectivity index (χ4v) is 9.05. The Morgan fingerprint density at radius 1 is 0.750 bits per heavy atom. The van der Waals surface area contributed by atoms with E-state index < -0.39 is 41.4 Å². The molecule has 7 heterocycles. The van der Waals surface area contributed by atoms with Gasteiger partial charge < -0.3 is 15.4 Å². The van der Waals surface area contributed by atoms with Crippen molar-refractivity contribution in [2.45, 2.75) is 56.0 Å². The lowest BCUT2D eigenvalue weighted by atomic mass is 9.95. The summed E-state index contributed by atoms with van der Waals surface area (Å²) in [4.78, 5) is 67.5. The van der Waals surface area contributed by atoms with Crippen LogP contribution in [0.25, 0.3) is 22.3 Å². The first kappa shape index (κ1) is 37.8. The highest BCUT2D eigenvalue weighted by Gasteiger charge is 2.46. The second-order valence-corrected chi connectivity index (χ2v) is 16.0. The van der Waals surface area contributed by atoms with E-state index >= 15 is 0 Å². The van der Waals surface area contributed by atoms with Crippen molar-refractivity contribution in [3.8, 4) is 22.8 Å². The number of nitrogens with one attached hydrogen (secondary N) is 1. The summed E-state index contributed by atoms with van der Waals surface area (Å²) >= 11 is 0. The predicted octanol–water partition coefficient (Wildman–Crippen LogP) is 4.50. The first-order valence-corrected chi connectivity index (χ1v) is 19.9. The average Bonchev–Trinajstić information content (AvgIpc) is 3.71. The van der Waals surface area contributed by atoms with Gasteiger partial charge in [-0.15, -0.1) is 0 Å². The molecule has 1 unspecified atom stereocenters. The quantitative estimate of drug-likeness (QED) is 0.211. The second kappa shape index (κ2) is 14.4. The molecule has 3 N–H and O–H groups in total. The molecule has 60 heavy (non-hydrogen) atoms. The number of carbonyl (C=O) groups is 4. The highest BCUT2D eigenvalue weighted by molar-refractivity contribution is 6.23. The van der Waals surface area contributed by atoms with Crippen LogP contribution >= 0.6 is 0 Å². The minimum absolute atomic E-state index is 0.0774. The third-order valence-electron chi connectivity index (χ3n) is 12.5. The van der Waals surface area contributed by atoms with Crippen LogP contribution in [0.2, 0.25) is 0 Å². The number of anilines is 2. The summed E-state index contributed by atoms with van der Waals surface area (Å²) < 4.78 is 46.7. The number of carbonyl (C=O) groups excluding carboxylic acids is 4. The largest absolute Gasteiger partial charge is 0.457 e. The van der Waals surface area contributed by atoms with Crippen molar-refractivity contribution in [3.63, 3.8) is 0 Å². The minimum Gasteiger partial charge on any atom is -0.457 e. The number of halogens is 3. The van der Waals surface area contributed by atoms with Gasteiger partial charge in [-0.3, -0.25) is 39.2 Å². The summed E-state index contributed by atoms with van der Waals surface area (Å²) in [5.74, 6) is -0.970. The molecule has 4 amide bonds. The average molecular weight is 821 g/mol. The van der Waals surface area contributed by atoms with Crippen LogP contribution in [-0.4, -0.2) is 115 Å². The number of nitrogens with two attached hydrogens (primary N) is 1. The van der Waals surface area contributed by atoms with Crippen molar-refractivity contribution >= 4 is 46.2 Å². The molecule has 10 rings (SSSR count). The topological polar surface area (TPSA) is 172 Å². The molecule has 0 aliphatic carbocycles. The van der Waals surface area contributed by atoms with Gasteiger partial charge >= 0.3 is 6.18 Å². The first-order valence-electron chi connectivity index (χ1n) is 19.9. The predicted molar refractivity (Wildman–Crippen MR) is 211 cm³/mol. The fraction of sp³-hybridized carbons (Fsp3) is 0.357. The Kier molecular flexibility index (Phi) is 9.09. The molecule has 5 aromatic rings. The monoisotopic (exact) mass is 820 g/mol. The maximum atomic E-state index is 13.3. The van der Waals surface area contributed by atoms with Crippen LogP contribution in [0.4, 0.5) is 24.7 Å². The second-order valence-electron chi connectivity index (χ2n) is 16.0. The summed E-state index contributed by atoms with van der Waals surface area (Å²) in [6, 6.07) is 16.9. The molecular weight excluding hydrogens is 782 g/mol. The Morgan fingerprint density at radius 3 is 2.10 bits per heavy atom. The number of fused-ring (bicyclic) bond motifs is 2. The summed E-state index contributed by atoms with van der Waals surface area (Å²) in [5, 5.41) is 7.92. The van der Waals surface area contributed by atoms with Crippen LogP contribution in [0.1, 0.15) is 58.0 Å². The summed E-state index contributed by atoms with van der Waals surface area (Å²) in [7, 11) is 0. The molecule has 15 nitrogen and oxygen atoms in total. The van der Waals surface area contributed by atoms with Crippen molar-refractivity contribution in [2.75, 3.05) is 49.9 Å². The highest BCUT2D eigenvalue weighted by Crippen LogP contribution is 2.38. The number of nitrogens with zero attached hydrogens (tertiary/aromatic N) is 8. The van der Waals surface area contributed by atoms with E-state index in [1.165, 1.54) is 18.5 Å². The molecule has 0 spiro atoms. The molecule has 4 saturated heterocycles. The molecule has 4 fully saturated rings. The van der Waals surface area contributed by atoms with Crippen LogP contribution in [0, 0.1) is 0 Å². The zero-order chi connectivity index (χ0) is 41.4. The lowest BCUT2D eigenvalue weighted by Crippen LogP contribution is -2.70. The number of imide groups is 2. The summed E-state index contributed by atoms with van der Waals surface area (Å²) in [5.41, 5.74) is 9.15. The van der Waals surface area contributed by atoms with Crippen molar-refractivity contribution < 1.29 is 37.1 Å². The molecule has 0 radical (unpaired) electrons. The van der Waals surface area contributed by atoms with Gasteiger partial charge in [0.15, 0.2) is 5.65 Å². The third-order valence-corrected chi connectivity index (χ3v) is 12.5. The highest BCUT2D eigenvalue weighted by atomic mass is 19.4. The lowest BCUT2D eigenvalue weighted by molar-refractivity contribution is -0.138. The molecule has 18 heteroatoms. The molecule has 1 atom stereocenters. The smallest absolute Gasteiger partial charge is 0.416 e. The van der Waals surface area contributed by atoms with Gasteiger partial charge in [0, 0.05) is 69.0 Å². The van der Waals surface area contributed by atoms with E-state index in [4.69, 9.17) is 15.6 Å². The van der Waals surface area contributed by atoms with E-state index in [1.54, 1.807) is 24.3 Å². The van der Waals surface area contributed by atoms with Crippen molar-refractivity contribution in [1.82, 2.24) is 39.8 Å². The number of alkyl halides is 3. The van der Waals surface area contributed by atoms with Crippen LogP contribution in [0.5, 0.6) is 11.5 Å². The molecule has 2 aromatic heterocycles. The number of piperidine rings is 2. The number of likely N-dealkylation sites (tertiary alicyclic amines) is 2. The van der Waals surface area contributed by atoms with E-state index in [9.17, 15) is 32.3 Å². The van der Waals surface area contributed by atoms with Crippen LogP contribution < -0.4 is 20.7 Å². The summed E-state index contributed by atoms with van der Waals surface area (Å²) in [6.45, 7) is 5.37. The normalized spacial score (nSPS) is 21.0. The zero-order valence-electron chi connectivity index (χ0n) is 32.1. The van der Waals surface area contributed by atoms with Gasteiger partial charge in [-0.2, -0.15) is 18.3 Å². The Labute approximate surface area is 340 Å². The van der Waals surface area contributed by atoms with Crippen molar-refractivity contribution in [2.24, 2.45) is 0 Å². The minimum atomic E-state index is -4.42. The van der Waals surface area contributed by atoms with Crippen molar-refractivity contribution in [1.29, 1.82) is 0 Å². The van der Waals surface area contributed by atoms with E-state index in [-0.39, 0.29) is 35.8 Å². The van der Waals surface area contributed by atoms with Crippen LogP contribution in [0.3, 0.4) is 0 Å². The Balaban J connectivity index is 0.734. The lowest BCUT2D eigenvalue weighted by Gasteiger charge is -2.55. The molecular formula is C42H39F3N10O5. The Bertz CT molecular complexity index is 2540. The maximum Gasteiger partial charge on any atom is 0.416 e. The third kappa shape index (κ3) is 6.59. The van der Waals surface area contributed by atoms with Crippen LogP contribution in [0.15, 0.2) is 73.1 Å². The molecule has 308 valence electrons. The standard InChI is InChI=1S/C42H39F3N10O5/c43-42(44,45)24-3-8-30(9-4-24)60-29-6-1-23(2-7-29)36-35-37(46)47-22-48-38(35)55(50-36)25-13-15-51(16-14-25)27-18-53(19-27)28-20-52(21-28)26-5-10-31-32(17-26)41(59)54(40(31)58)33-11-12-34(56)49-39(33)57/h1-10,17,22,25,27-28,33H,11-16,18-21H2,(H2,46,47,48)(H,49,56,57). The van der Waals surface area contributed by atoms with Crippen molar-refractivity contribution in [3.05, 3.63) is 89.7 Å². The number of hydrogen-bond donors (Lipinski definition) is 2. The number of benzene rings is 3. The van der Waals surface area contributed by atoms with Gasteiger partial charge in [-0.25, -0.2) is 14.6 Å². The Morgan fingerprint density at radius 2 is 1.42 bits per heavy atom. The molecule has 3 aromatic carbocycles. The van der Waals surface area contributed by atoms with E-state index in [1.807, 2.05) is 22.9 Å². The Hall–Kier alpha value is -6.40. The SMILES string of the molecule is Nc1ncnc2c1c(-c1ccc(Oc3ccc(C(F)(F)F)cc3)cc1)nn2C1CCN(C2CN(C3CN(c4ccc5c(c4)C(=O)N(C4CCC(=O)NC4=O)C5=O)C3)C2)CC1. The van der Waals surface area contributed by atoms with Gasteiger partial charge in [0.25, 0.3) is 11.8 Å². The molecule has 5 aliphatic rings. The van der Waals surface area contributed by atoms with E-state index in [2.05, 4.69) is 30.0 Å². The van der Waals surface area contributed by atoms with Crippen LogP contribution in [-0.2, 0) is 15.8 Å². The number of nitrogen functional groups attached to an aromatic ring is 1. The number of ether oxygens (including phenoxy) is 1. The van der Waals surface area contributed by atoms with Gasteiger partial charge in [0.05, 0.1) is 28.1 Å². The van der Waals surface area contributed by atoms with Gasteiger partial charge in [0.1, 0.15) is 35.4 Å². The number of hydrogen-bond acceptors (Lipinski definition) is 12. The maximum absolute atomic E-state index is 13.3. The summed E-state index contributed by atoms with van der Waals surface area (Å²) in [6.07, 6.45) is -1.01. The zero-order valence-corrected chi connectivity index (χ0v) is 32.1. The fourth-order valence-electron chi connectivity index (χ4n) is 9.05. The number of aromatic nitrogens is 4. The van der Waals surface area contributed by atoms with Gasteiger partial charge in [-0.05, 0) is 86.0 Å².